The van der Waals surface area contributed by atoms with Gasteiger partial charge in [-0.15, -0.1) is 0 Å². The van der Waals surface area contributed by atoms with Crippen molar-refractivity contribution in [3.05, 3.63) is 41.1 Å². The summed E-state index contributed by atoms with van der Waals surface area (Å²) in [6, 6.07) is 4.27. The van der Waals surface area contributed by atoms with Gasteiger partial charge in [-0.05, 0) is 38.0 Å². The Kier molecular flexibility index (Phi) is 3.44. The van der Waals surface area contributed by atoms with E-state index in [1.165, 1.54) is 0 Å². The molecule has 114 valence electrons. The van der Waals surface area contributed by atoms with E-state index in [-0.39, 0.29) is 5.91 Å². The fourth-order valence-corrected chi connectivity index (χ4v) is 2.89. The topological polar surface area (TPSA) is 78.5 Å². The molecule has 1 aromatic rings. The Balaban J connectivity index is 1.92. The number of benzene rings is 1. The first-order valence-electron chi connectivity index (χ1n) is 7.22. The van der Waals surface area contributed by atoms with Gasteiger partial charge in [0.2, 0.25) is 5.91 Å². The van der Waals surface area contributed by atoms with Gasteiger partial charge < -0.3 is 10.6 Å². The smallest absolute Gasteiger partial charge is 0.262 e. The standard InChI is InChI=1S/C16H17N3O3/c1-3-9-5-7-13(14(20)18-9)19-15(21)11-6-4-10(17-2)8-12(11)16(19)22/h3-4,6,8,13,17H,5,7H2,1-2H3,(H,18,20). The molecular formula is C16H17N3O3. The lowest BCUT2D eigenvalue weighted by atomic mass is 10.0. The predicted molar refractivity (Wildman–Crippen MR) is 81.4 cm³/mol. The van der Waals surface area contributed by atoms with Crippen LogP contribution in [0.4, 0.5) is 5.69 Å². The summed E-state index contributed by atoms with van der Waals surface area (Å²) in [6.45, 7) is 1.84. The number of hydrogen-bond donors (Lipinski definition) is 2. The average molecular weight is 299 g/mol. The van der Waals surface area contributed by atoms with E-state index in [1.807, 2.05) is 13.0 Å². The Bertz CT molecular complexity index is 709. The van der Waals surface area contributed by atoms with E-state index in [0.29, 0.717) is 24.0 Å². The molecule has 1 unspecified atom stereocenters. The molecule has 0 bridgehead atoms. The van der Waals surface area contributed by atoms with Crippen molar-refractivity contribution in [2.24, 2.45) is 0 Å². The molecule has 0 spiro atoms. The number of fused-ring (bicyclic) bond motifs is 1. The highest BCUT2D eigenvalue weighted by Gasteiger charge is 2.43. The molecule has 2 heterocycles. The number of nitrogens with one attached hydrogen (secondary N) is 2. The molecule has 6 heteroatoms. The second kappa shape index (κ2) is 5.29. The van der Waals surface area contributed by atoms with E-state index in [1.54, 1.807) is 25.2 Å². The summed E-state index contributed by atoms with van der Waals surface area (Å²) in [5.74, 6) is -1.10. The van der Waals surface area contributed by atoms with Crippen LogP contribution < -0.4 is 10.6 Å². The minimum atomic E-state index is -0.742. The molecule has 1 atom stereocenters. The first-order chi connectivity index (χ1) is 10.6. The Morgan fingerprint density at radius 1 is 1.23 bits per heavy atom. The summed E-state index contributed by atoms with van der Waals surface area (Å²) >= 11 is 0. The molecule has 2 aliphatic rings. The Labute approximate surface area is 128 Å². The first-order valence-corrected chi connectivity index (χ1v) is 7.22. The molecule has 3 rings (SSSR count). The molecule has 1 saturated heterocycles. The fraction of sp³-hybridized carbons (Fsp3) is 0.312. The molecule has 0 aliphatic carbocycles. The van der Waals surface area contributed by atoms with Gasteiger partial charge >= 0.3 is 0 Å². The second-order valence-corrected chi connectivity index (χ2v) is 5.35. The zero-order valence-electron chi connectivity index (χ0n) is 12.5. The van der Waals surface area contributed by atoms with Crippen LogP contribution in [0.5, 0.6) is 0 Å². The third kappa shape index (κ3) is 2.07. The number of allylic oxidation sites excluding steroid dienone is 2. The zero-order chi connectivity index (χ0) is 15.9. The van der Waals surface area contributed by atoms with Crippen molar-refractivity contribution in [2.45, 2.75) is 25.8 Å². The van der Waals surface area contributed by atoms with Gasteiger partial charge in [-0.3, -0.25) is 19.3 Å². The van der Waals surface area contributed by atoms with Crippen LogP contribution in [0.25, 0.3) is 0 Å². The molecule has 1 aromatic carbocycles. The lowest BCUT2D eigenvalue weighted by Gasteiger charge is -2.29. The van der Waals surface area contributed by atoms with Crippen LogP contribution in [-0.4, -0.2) is 35.7 Å². The summed E-state index contributed by atoms with van der Waals surface area (Å²) in [4.78, 5) is 38.3. The number of imide groups is 1. The highest BCUT2D eigenvalue weighted by molar-refractivity contribution is 6.23. The summed E-state index contributed by atoms with van der Waals surface area (Å²) in [5.41, 5.74) is 2.29. The predicted octanol–water partition coefficient (Wildman–Crippen LogP) is 1.51. The van der Waals surface area contributed by atoms with Crippen molar-refractivity contribution < 1.29 is 14.4 Å². The average Bonchev–Trinajstić information content (AvgIpc) is 2.78. The Morgan fingerprint density at radius 2 is 1.95 bits per heavy atom. The molecule has 0 aromatic heterocycles. The van der Waals surface area contributed by atoms with Crippen molar-refractivity contribution >= 4 is 23.4 Å². The molecule has 2 N–H and O–H groups in total. The third-order valence-corrected chi connectivity index (χ3v) is 4.14. The van der Waals surface area contributed by atoms with Crippen molar-refractivity contribution in [1.82, 2.24) is 10.2 Å². The van der Waals surface area contributed by atoms with Crippen LogP contribution in [0.3, 0.4) is 0 Å². The number of carbonyl (C=O) groups excluding carboxylic acids is 3. The number of rotatable bonds is 2. The van der Waals surface area contributed by atoms with Gasteiger partial charge in [0.1, 0.15) is 6.04 Å². The van der Waals surface area contributed by atoms with Crippen LogP contribution in [0.2, 0.25) is 0 Å². The maximum absolute atomic E-state index is 12.6. The minimum absolute atomic E-state index is 0.303. The van der Waals surface area contributed by atoms with Crippen molar-refractivity contribution in [2.75, 3.05) is 12.4 Å². The van der Waals surface area contributed by atoms with E-state index in [0.717, 1.165) is 16.3 Å². The van der Waals surface area contributed by atoms with E-state index in [2.05, 4.69) is 10.6 Å². The zero-order valence-corrected chi connectivity index (χ0v) is 12.5. The van der Waals surface area contributed by atoms with E-state index in [4.69, 9.17) is 0 Å². The van der Waals surface area contributed by atoms with Crippen molar-refractivity contribution in [1.29, 1.82) is 0 Å². The molecule has 0 saturated carbocycles. The van der Waals surface area contributed by atoms with Crippen LogP contribution in [0.1, 0.15) is 40.5 Å². The number of hydrogen-bond acceptors (Lipinski definition) is 4. The highest BCUT2D eigenvalue weighted by atomic mass is 16.2. The van der Waals surface area contributed by atoms with Gasteiger partial charge in [0, 0.05) is 18.4 Å². The van der Waals surface area contributed by atoms with Crippen LogP contribution >= 0.6 is 0 Å². The van der Waals surface area contributed by atoms with Gasteiger partial charge in [-0.1, -0.05) is 6.08 Å². The SMILES string of the molecule is CC=C1CCC(N2C(=O)c3ccc(NC)cc3C2=O)C(=O)N1. The molecule has 6 nitrogen and oxygen atoms in total. The van der Waals surface area contributed by atoms with E-state index >= 15 is 0 Å². The molecule has 1 fully saturated rings. The number of anilines is 1. The molecule has 3 amide bonds. The summed E-state index contributed by atoms with van der Waals surface area (Å²) in [5, 5.41) is 5.69. The number of nitrogens with zero attached hydrogens (tertiary/aromatic N) is 1. The maximum Gasteiger partial charge on any atom is 0.262 e. The van der Waals surface area contributed by atoms with E-state index < -0.39 is 17.9 Å². The largest absolute Gasteiger partial charge is 0.388 e. The molecule has 0 radical (unpaired) electrons. The van der Waals surface area contributed by atoms with Gasteiger partial charge in [-0.25, -0.2) is 0 Å². The van der Waals surface area contributed by atoms with Crippen LogP contribution in [0, 0.1) is 0 Å². The van der Waals surface area contributed by atoms with Crippen molar-refractivity contribution in [3.63, 3.8) is 0 Å². The van der Waals surface area contributed by atoms with Gasteiger partial charge in [-0.2, -0.15) is 0 Å². The summed E-state index contributed by atoms with van der Waals surface area (Å²) < 4.78 is 0. The monoisotopic (exact) mass is 299 g/mol. The third-order valence-electron chi connectivity index (χ3n) is 4.14. The molecule has 2 aliphatic heterocycles. The summed E-state index contributed by atoms with van der Waals surface area (Å²) in [7, 11) is 1.74. The lowest BCUT2D eigenvalue weighted by Crippen LogP contribution is -2.51. The number of piperidine rings is 1. The van der Waals surface area contributed by atoms with Crippen LogP contribution in [0.15, 0.2) is 30.0 Å². The van der Waals surface area contributed by atoms with E-state index in [9.17, 15) is 14.4 Å². The number of amides is 3. The fourth-order valence-electron chi connectivity index (χ4n) is 2.89. The first kappa shape index (κ1) is 14.3. The van der Waals surface area contributed by atoms with Crippen molar-refractivity contribution in [3.8, 4) is 0 Å². The molecular weight excluding hydrogens is 282 g/mol. The van der Waals surface area contributed by atoms with Crippen LogP contribution in [-0.2, 0) is 4.79 Å². The lowest BCUT2D eigenvalue weighted by molar-refractivity contribution is -0.125. The van der Waals surface area contributed by atoms with Gasteiger partial charge in [0.25, 0.3) is 11.8 Å². The minimum Gasteiger partial charge on any atom is -0.388 e. The summed E-state index contributed by atoms with van der Waals surface area (Å²) in [6.07, 6.45) is 2.92. The Hall–Kier alpha value is -2.63. The molecule has 22 heavy (non-hydrogen) atoms. The quantitative estimate of drug-likeness (QED) is 0.811. The van der Waals surface area contributed by atoms with Gasteiger partial charge in [0.15, 0.2) is 0 Å². The second-order valence-electron chi connectivity index (χ2n) is 5.35. The van der Waals surface area contributed by atoms with Gasteiger partial charge in [0.05, 0.1) is 11.1 Å². The number of carbonyl (C=O) groups is 3. The normalized spacial score (nSPS) is 22.8. The highest BCUT2D eigenvalue weighted by Crippen LogP contribution is 2.30. The maximum atomic E-state index is 12.6. The Morgan fingerprint density at radius 3 is 2.59 bits per heavy atom.